The highest BCUT2D eigenvalue weighted by molar-refractivity contribution is 5.83. The molecule has 24 heavy (non-hydrogen) atoms. The van der Waals surface area contributed by atoms with E-state index in [4.69, 9.17) is 4.74 Å². The molecule has 0 bridgehead atoms. The number of aliphatic carboxylic acids is 1. The van der Waals surface area contributed by atoms with Gasteiger partial charge in [-0.05, 0) is 29.2 Å². The molecule has 1 saturated heterocycles. The van der Waals surface area contributed by atoms with Crippen LogP contribution in [0.3, 0.4) is 0 Å². The number of ether oxygens (including phenoxy) is 1. The minimum Gasteiger partial charge on any atom is -0.481 e. The second kappa shape index (κ2) is 7.45. The van der Waals surface area contributed by atoms with Crippen molar-refractivity contribution in [1.82, 2.24) is 5.32 Å². The zero-order valence-electron chi connectivity index (χ0n) is 13.4. The lowest BCUT2D eigenvalue weighted by Gasteiger charge is -2.15. The molecule has 1 aliphatic rings. The fraction of sp³-hybridized carbons (Fsp3) is 0.368. The molecule has 2 atom stereocenters. The molecule has 0 radical (unpaired) electrons. The summed E-state index contributed by atoms with van der Waals surface area (Å²) in [5.74, 6) is -1.80. The first-order chi connectivity index (χ1) is 11.6. The molecule has 2 aromatic carbocycles. The maximum atomic E-state index is 12.0. The van der Waals surface area contributed by atoms with Crippen LogP contribution in [0.2, 0.25) is 0 Å². The SMILES string of the molecule is O=C(O)C(CNC(=O)C1CCOC1)Cc1ccc2ccccc2c1. The lowest BCUT2D eigenvalue weighted by molar-refractivity contribution is -0.141. The predicted molar refractivity (Wildman–Crippen MR) is 90.7 cm³/mol. The topological polar surface area (TPSA) is 75.6 Å². The van der Waals surface area contributed by atoms with Gasteiger partial charge in [0.1, 0.15) is 0 Å². The zero-order chi connectivity index (χ0) is 16.9. The Labute approximate surface area is 140 Å². The summed E-state index contributed by atoms with van der Waals surface area (Å²) >= 11 is 0. The van der Waals surface area contributed by atoms with E-state index in [0.717, 1.165) is 16.3 Å². The number of benzene rings is 2. The summed E-state index contributed by atoms with van der Waals surface area (Å²) in [5.41, 5.74) is 0.958. The Morgan fingerprint density at radius 2 is 2.00 bits per heavy atom. The van der Waals surface area contributed by atoms with E-state index in [1.807, 2.05) is 42.5 Å². The molecule has 0 aromatic heterocycles. The van der Waals surface area contributed by atoms with Gasteiger partial charge >= 0.3 is 5.97 Å². The zero-order valence-corrected chi connectivity index (χ0v) is 13.4. The summed E-state index contributed by atoms with van der Waals surface area (Å²) in [6.45, 7) is 1.16. The Bertz CT molecular complexity index is 737. The summed E-state index contributed by atoms with van der Waals surface area (Å²) in [5, 5.41) is 14.4. The van der Waals surface area contributed by atoms with Crippen molar-refractivity contribution < 1.29 is 19.4 Å². The number of carbonyl (C=O) groups excluding carboxylic acids is 1. The molecule has 5 heteroatoms. The Morgan fingerprint density at radius 3 is 2.71 bits per heavy atom. The molecule has 2 N–H and O–H groups in total. The van der Waals surface area contributed by atoms with Gasteiger partial charge in [0.05, 0.1) is 18.4 Å². The van der Waals surface area contributed by atoms with Crippen LogP contribution in [0.1, 0.15) is 12.0 Å². The van der Waals surface area contributed by atoms with E-state index in [0.29, 0.717) is 26.1 Å². The lowest BCUT2D eigenvalue weighted by Crippen LogP contribution is -2.37. The van der Waals surface area contributed by atoms with Gasteiger partial charge in [0, 0.05) is 13.2 Å². The number of hydrogen-bond acceptors (Lipinski definition) is 3. The lowest BCUT2D eigenvalue weighted by atomic mass is 9.97. The van der Waals surface area contributed by atoms with Crippen LogP contribution in [0, 0.1) is 11.8 Å². The summed E-state index contributed by atoms with van der Waals surface area (Å²) in [6.07, 6.45) is 1.09. The van der Waals surface area contributed by atoms with Crippen molar-refractivity contribution in [3.63, 3.8) is 0 Å². The minimum atomic E-state index is -0.897. The number of nitrogens with one attached hydrogen (secondary N) is 1. The molecule has 0 spiro atoms. The first-order valence-electron chi connectivity index (χ1n) is 8.19. The van der Waals surface area contributed by atoms with Gasteiger partial charge in [-0.2, -0.15) is 0 Å². The Morgan fingerprint density at radius 1 is 1.21 bits per heavy atom. The van der Waals surface area contributed by atoms with Gasteiger partial charge in [-0.15, -0.1) is 0 Å². The number of carboxylic acid groups (broad SMARTS) is 1. The molecule has 0 saturated carbocycles. The van der Waals surface area contributed by atoms with Crippen molar-refractivity contribution in [2.24, 2.45) is 11.8 Å². The average molecular weight is 327 g/mol. The Kier molecular flexibility index (Phi) is 5.11. The van der Waals surface area contributed by atoms with E-state index in [1.165, 1.54) is 0 Å². The third-order valence-electron chi connectivity index (χ3n) is 4.47. The monoisotopic (exact) mass is 327 g/mol. The summed E-state index contributed by atoms with van der Waals surface area (Å²) in [6, 6.07) is 13.9. The molecule has 1 amide bonds. The van der Waals surface area contributed by atoms with Crippen molar-refractivity contribution in [1.29, 1.82) is 0 Å². The molecule has 1 aliphatic heterocycles. The molecular weight excluding hydrogens is 306 g/mol. The Hall–Kier alpha value is -2.40. The van der Waals surface area contributed by atoms with Crippen molar-refractivity contribution >= 4 is 22.6 Å². The molecule has 2 unspecified atom stereocenters. The number of rotatable bonds is 6. The molecule has 126 valence electrons. The number of hydrogen-bond donors (Lipinski definition) is 2. The van der Waals surface area contributed by atoms with Gasteiger partial charge in [0.25, 0.3) is 0 Å². The van der Waals surface area contributed by atoms with Crippen LogP contribution in [-0.4, -0.2) is 36.7 Å². The summed E-state index contributed by atoms with van der Waals surface area (Å²) < 4.78 is 5.19. The highest BCUT2D eigenvalue weighted by atomic mass is 16.5. The Balaban J connectivity index is 1.64. The van der Waals surface area contributed by atoms with Gasteiger partial charge in [0.2, 0.25) is 5.91 Å². The van der Waals surface area contributed by atoms with Gasteiger partial charge in [0.15, 0.2) is 0 Å². The van der Waals surface area contributed by atoms with Crippen molar-refractivity contribution in [3.05, 3.63) is 48.0 Å². The van der Waals surface area contributed by atoms with Crippen LogP contribution >= 0.6 is 0 Å². The fourth-order valence-electron chi connectivity index (χ4n) is 3.01. The second-order valence-electron chi connectivity index (χ2n) is 6.23. The molecule has 1 fully saturated rings. The van der Waals surface area contributed by atoms with Crippen LogP contribution in [0.25, 0.3) is 10.8 Å². The van der Waals surface area contributed by atoms with Crippen LogP contribution in [0.5, 0.6) is 0 Å². The van der Waals surface area contributed by atoms with E-state index in [-0.39, 0.29) is 18.4 Å². The number of fused-ring (bicyclic) bond motifs is 1. The van der Waals surface area contributed by atoms with Crippen molar-refractivity contribution in [2.45, 2.75) is 12.8 Å². The van der Waals surface area contributed by atoms with Crippen LogP contribution in [0.4, 0.5) is 0 Å². The highest BCUT2D eigenvalue weighted by Gasteiger charge is 2.25. The molecule has 2 aromatic rings. The van der Waals surface area contributed by atoms with E-state index < -0.39 is 11.9 Å². The van der Waals surface area contributed by atoms with Crippen LogP contribution in [0.15, 0.2) is 42.5 Å². The quantitative estimate of drug-likeness (QED) is 0.853. The normalized spacial score (nSPS) is 18.4. The minimum absolute atomic E-state index is 0.114. The average Bonchev–Trinajstić information content (AvgIpc) is 3.12. The molecule has 3 rings (SSSR count). The van der Waals surface area contributed by atoms with E-state index in [1.54, 1.807) is 0 Å². The largest absolute Gasteiger partial charge is 0.481 e. The molecule has 5 nitrogen and oxygen atoms in total. The number of amides is 1. The van der Waals surface area contributed by atoms with E-state index >= 15 is 0 Å². The van der Waals surface area contributed by atoms with Crippen LogP contribution < -0.4 is 5.32 Å². The third-order valence-corrected chi connectivity index (χ3v) is 4.47. The first-order valence-corrected chi connectivity index (χ1v) is 8.19. The van der Waals surface area contributed by atoms with Gasteiger partial charge in [-0.3, -0.25) is 9.59 Å². The fourth-order valence-corrected chi connectivity index (χ4v) is 3.01. The molecule has 0 aliphatic carbocycles. The third kappa shape index (κ3) is 3.92. The number of carbonyl (C=O) groups is 2. The van der Waals surface area contributed by atoms with Crippen molar-refractivity contribution in [3.8, 4) is 0 Å². The van der Waals surface area contributed by atoms with E-state index in [2.05, 4.69) is 5.32 Å². The summed E-state index contributed by atoms with van der Waals surface area (Å²) in [4.78, 5) is 23.5. The van der Waals surface area contributed by atoms with Crippen LogP contribution in [-0.2, 0) is 20.7 Å². The van der Waals surface area contributed by atoms with Gasteiger partial charge in [-0.1, -0.05) is 42.5 Å². The van der Waals surface area contributed by atoms with Crippen molar-refractivity contribution in [2.75, 3.05) is 19.8 Å². The summed E-state index contributed by atoms with van der Waals surface area (Å²) in [7, 11) is 0. The van der Waals surface area contributed by atoms with Gasteiger partial charge < -0.3 is 15.2 Å². The van der Waals surface area contributed by atoms with Gasteiger partial charge in [-0.25, -0.2) is 0 Å². The smallest absolute Gasteiger partial charge is 0.308 e. The second-order valence-corrected chi connectivity index (χ2v) is 6.23. The highest BCUT2D eigenvalue weighted by Crippen LogP contribution is 2.18. The van der Waals surface area contributed by atoms with E-state index in [9.17, 15) is 14.7 Å². The first kappa shape index (κ1) is 16.5. The maximum absolute atomic E-state index is 12.0. The number of carboxylic acids is 1. The molecule has 1 heterocycles. The predicted octanol–water partition coefficient (Wildman–Crippen LogP) is 2.24. The standard InChI is InChI=1S/C19H21NO4/c21-18(16-7-8-24-12-16)20-11-17(19(22)23)10-13-5-6-14-3-1-2-4-15(14)9-13/h1-6,9,16-17H,7-8,10-12H2,(H,20,21)(H,22,23). The maximum Gasteiger partial charge on any atom is 0.308 e. The molecular formula is C19H21NO4.